The van der Waals surface area contributed by atoms with Crippen LogP contribution in [0.5, 0.6) is 0 Å². The Hall–Kier alpha value is -2.41. The Balaban J connectivity index is 1.62. The molecule has 2 heterocycles. The molecule has 0 saturated heterocycles. The van der Waals surface area contributed by atoms with Gasteiger partial charge in [-0.3, -0.25) is 9.48 Å². The molecule has 0 N–H and O–H groups in total. The summed E-state index contributed by atoms with van der Waals surface area (Å²) in [4.78, 5) is 24.3. The summed E-state index contributed by atoms with van der Waals surface area (Å²) in [6.45, 7) is 3.51. The van der Waals surface area contributed by atoms with Crippen molar-refractivity contribution >= 4 is 38.7 Å². The van der Waals surface area contributed by atoms with Gasteiger partial charge in [0.1, 0.15) is 11.3 Å². The maximum atomic E-state index is 12.3. The number of aromatic nitrogens is 2. The van der Waals surface area contributed by atoms with Crippen molar-refractivity contribution in [2.24, 2.45) is 7.05 Å². The molecule has 1 aromatic carbocycles. The van der Waals surface area contributed by atoms with Gasteiger partial charge in [-0.1, -0.05) is 15.9 Å². The molecule has 7 heteroatoms. The molecule has 0 aliphatic carbocycles. The first-order chi connectivity index (χ1) is 11.9. The number of fused-ring (bicyclic) bond motifs is 1. The van der Waals surface area contributed by atoms with Gasteiger partial charge in [0.05, 0.1) is 17.9 Å². The Labute approximate surface area is 152 Å². The van der Waals surface area contributed by atoms with E-state index in [0.29, 0.717) is 29.1 Å². The minimum atomic E-state index is -0.877. The molecular weight excluding hydrogens is 388 g/mol. The van der Waals surface area contributed by atoms with Gasteiger partial charge in [0, 0.05) is 29.0 Å². The summed E-state index contributed by atoms with van der Waals surface area (Å²) < 4.78 is 13.3. The van der Waals surface area contributed by atoms with E-state index in [9.17, 15) is 9.59 Å². The van der Waals surface area contributed by atoms with Gasteiger partial charge in [-0.2, -0.15) is 5.10 Å². The van der Waals surface area contributed by atoms with Crippen LogP contribution in [0.3, 0.4) is 0 Å². The van der Waals surface area contributed by atoms with Crippen molar-refractivity contribution in [3.8, 4) is 0 Å². The van der Waals surface area contributed by atoms with Gasteiger partial charge in [0.25, 0.3) is 5.78 Å². The van der Waals surface area contributed by atoms with Gasteiger partial charge in [-0.15, -0.1) is 0 Å². The first-order valence-electron chi connectivity index (χ1n) is 7.76. The number of esters is 1. The zero-order valence-electron chi connectivity index (χ0n) is 14.1. The highest BCUT2D eigenvalue weighted by Crippen LogP contribution is 2.23. The summed E-state index contributed by atoms with van der Waals surface area (Å²) in [5.74, 6) is -0.850. The van der Waals surface area contributed by atoms with Crippen LogP contribution < -0.4 is 0 Å². The lowest BCUT2D eigenvalue weighted by Gasteiger charge is -2.03. The van der Waals surface area contributed by atoms with Gasteiger partial charge in [-0.25, -0.2) is 4.79 Å². The van der Waals surface area contributed by atoms with Crippen molar-refractivity contribution in [3.05, 3.63) is 51.4 Å². The average Bonchev–Trinajstić information content (AvgIpc) is 3.06. The highest BCUT2D eigenvalue weighted by Gasteiger charge is 2.25. The molecule has 0 fully saturated rings. The lowest BCUT2D eigenvalue weighted by atomic mass is 10.1. The van der Waals surface area contributed by atoms with Crippen LogP contribution in [0.1, 0.15) is 27.5 Å². The maximum absolute atomic E-state index is 12.3. The summed E-state index contributed by atoms with van der Waals surface area (Å²) in [6.07, 6.45) is 0.399. The fourth-order valence-corrected chi connectivity index (χ4v) is 3.09. The van der Waals surface area contributed by atoms with E-state index >= 15 is 0 Å². The standard InChI is InChI=1S/C18H17BrN2O4/c1-10-16(11(2)21(3)20-10)17(22)18(23)24-7-6-14-9-12-8-13(19)4-5-15(12)25-14/h4-5,8-9H,6-7H2,1-3H3. The van der Waals surface area contributed by atoms with E-state index in [1.807, 2.05) is 24.3 Å². The zero-order chi connectivity index (χ0) is 18.1. The van der Waals surface area contributed by atoms with E-state index in [-0.39, 0.29) is 6.61 Å². The quantitative estimate of drug-likeness (QED) is 0.369. The molecule has 0 aliphatic rings. The van der Waals surface area contributed by atoms with Crippen molar-refractivity contribution in [1.82, 2.24) is 9.78 Å². The normalized spacial score (nSPS) is 11.0. The summed E-state index contributed by atoms with van der Waals surface area (Å²) in [7, 11) is 1.73. The Kier molecular flexibility index (Phi) is 4.76. The lowest BCUT2D eigenvalue weighted by molar-refractivity contribution is -0.138. The van der Waals surface area contributed by atoms with E-state index < -0.39 is 11.8 Å². The van der Waals surface area contributed by atoms with Crippen molar-refractivity contribution in [1.29, 1.82) is 0 Å². The average molecular weight is 405 g/mol. The van der Waals surface area contributed by atoms with Crippen LogP contribution in [0.15, 0.2) is 33.2 Å². The molecule has 0 atom stereocenters. The van der Waals surface area contributed by atoms with Crippen LogP contribution in [0, 0.1) is 13.8 Å². The summed E-state index contributed by atoms with van der Waals surface area (Å²) in [5.41, 5.74) is 2.23. The molecule has 0 radical (unpaired) electrons. The predicted octanol–water partition coefficient (Wildman–Crippen LogP) is 3.51. The van der Waals surface area contributed by atoms with Gasteiger partial charge in [0.15, 0.2) is 0 Å². The van der Waals surface area contributed by atoms with E-state index in [1.165, 1.54) is 0 Å². The molecule has 2 aromatic heterocycles. The molecular formula is C18H17BrN2O4. The monoisotopic (exact) mass is 404 g/mol. The van der Waals surface area contributed by atoms with Crippen LogP contribution in [0.2, 0.25) is 0 Å². The fourth-order valence-electron chi connectivity index (χ4n) is 2.71. The first kappa shape index (κ1) is 17.4. The molecule has 6 nitrogen and oxygen atoms in total. The number of ether oxygens (including phenoxy) is 1. The number of carbonyl (C=O) groups excluding carboxylic acids is 2. The number of hydrogen-bond donors (Lipinski definition) is 0. The van der Waals surface area contributed by atoms with E-state index in [4.69, 9.17) is 9.15 Å². The van der Waals surface area contributed by atoms with Crippen molar-refractivity contribution in [2.45, 2.75) is 20.3 Å². The van der Waals surface area contributed by atoms with Crippen molar-refractivity contribution < 1.29 is 18.7 Å². The summed E-state index contributed by atoms with van der Waals surface area (Å²) in [6, 6.07) is 7.61. The third-order valence-corrected chi connectivity index (χ3v) is 4.53. The fraction of sp³-hybridized carbons (Fsp3) is 0.278. The number of ketones is 1. The van der Waals surface area contributed by atoms with Crippen LogP contribution in [-0.4, -0.2) is 28.1 Å². The number of carbonyl (C=O) groups is 2. The third-order valence-electron chi connectivity index (χ3n) is 4.03. The van der Waals surface area contributed by atoms with Crippen molar-refractivity contribution in [3.63, 3.8) is 0 Å². The minimum absolute atomic E-state index is 0.0733. The molecule has 130 valence electrons. The highest BCUT2D eigenvalue weighted by atomic mass is 79.9. The Morgan fingerprint density at radius 3 is 2.72 bits per heavy atom. The molecule has 0 bridgehead atoms. The van der Waals surface area contributed by atoms with Crippen LogP contribution in [0.25, 0.3) is 11.0 Å². The first-order valence-corrected chi connectivity index (χ1v) is 8.55. The third kappa shape index (κ3) is 3.51. The van der Waals surface area contributed by atoms with Gasteiger partial charge in [0.2, 0.25) is 0 Å². The number of nitrogens with zero attached hydrogens (tertiary/aromatic N) is 2. The molecule has 0 amide bonds. The largest absolute Gasteiger partial charge is 0.461 e. The lowest BCUT2D eigenvalue weighted by Crippen LogP contribution is -2.20. The van der Waals surface area contributed by atoms with Crippen LogP contribution in [0.4, 0.5) is 0 Å². The number of hydrogen-bond acceptors (Lipinski definition) is 5. The summed E-state index contributed by atoms with van der Waals surface area (Å²) >= 11 is 3.41. The number of Topliss-reactive ketones (excluding diaryl/α,β-unsaturated/α-hetero) is 1. The van der Waals surface area contributed by atoms with E-state index in [0.717, 1.165) is 15.4 Å². The van der Waals surface area contributed by atoms with E-state index in [2.05, 4.69) is 21.0 Å². The second kappa shape index (κ2) is 6.84. The minimum Gasteiger partial charge on any atom is -0.461 e. The molecule has 3 aromatic rings. The molecule has 0 aliphatic heterocycles. The van der Waals surface area contributed by atoms with E-state index in [1.54, 1.807) is 25.6 Å². The SMILES string of the molecule is Cc1nn(C)c(C)c1C(=O)C(=O)OCCc1cc2cc(Br)ccc2o1. The van der Waals surface area contributed by atoms with Gasteiger partial charge >= 0.3 is 5.97 Å². The Morgan fingerprint density at radius 1 is 1.28 bits per heavy atom. The number of furan rings is 1. The number of rotatable bonds is 5. The van der Waals surface area contributed by atoms with Gasteiger partial charge < -0.3 is 9.15 Å². The number of halogens is 1. The second-order valence-electron chi connectivity index (χ2n) is 5.78. The predicted molar refractivity (Wildman–Crippen MR) is 95.6 cm³/mol. The molecule has 3 rings (SSSR count). The number of aryl methyl sites for hydroxylation is 2. The van der Waals surface area contributed by atoms with Gasteiger partial charge in [-0.05, 0) is 38.1 Å². The second-order valence-corrected chi connectivity index (χ2v) is 6.70. The number of benzene rings is 1. The Morgan fingerprint density at radius 2 is 2.04 bits per heavy atom. The maximum Gasteiger partial charge on any atom is 0.379 e. The van der Waals surface area contributed by atoms with Crippen molar-refractivity contribution in [2.75, 3.05) is 6.61 Å². The molecule has 25 heavy (non-hydrogen) atoms. The molecule has 0 spiro atoms. The topological polar surface area (TPSA) is 74.3 Å². The molecule has 0 unspecified atom stereocenters. The highest BCUT2D eigenvalue weighted by molar-refractivity contribution is 9.10. The van der Waals surface area contributed by atoms with Crippen LogP contribution in [-0.2, 0) is 23.0 Å². The Bertz CT molecular complexity index is 971. The smallest absolute Gasteiger partial charge is 0.379 e. The summed E-state index contributed by atoms with van der Waals surface area (Å²) in [5, 5.41) is 5.11. The molecule has 0 saturated carbocycles. The van der Waals surface area contributed by atoms with Crippen LogP contribution >= 0.6 is 15.9 Å². The zero-order valence-corrected chi connectivity index (χ0v) is 15.7.